The summed E-state index contributed by atoms with van der Waals surface area (Å²) in [4.78, 5) is 10.7. The van der Waals surface area contributed by atoms with Crippen molar-refractivity contribution in [2.75, 3.05) is 0 Å². The maximum Gasteiger partial charge on any atom is 0.281 e. The Morgan fingerprint density at radius 1 is 1.17 bits per heavy atom. The second-order valence-electron chi connectivity index (χ2n) is 4.35. The molecule has 0 bridgehead atoms. The van der Waals surface area contributed by atoms with Gasteiger partial charge in [-0.15, -0.1) is 10.2 Å². The van der Waals surface area contributed by atoms with E-state index in [1.807, 2.05) is 0 Å². The standard InChI is InChI=1S/C14H7ClFN3O3S/c15-11-7-10(19(20)21)5-6-12(11)23-14-18-17-13(22-14)8-1-3-9(16)4-2-8/h1-7H. The van der Waals surface area contributed by atoms with Gasteiger partial charge in [-0.2, -0.15) is 0 Å². The van der Waals surface area contributed by atoms with Crippen LogP contribution in [0.1, 0.15) is 0 Å². The number of nitro benzene ring substituents is 1. The summed E-state index contributed by atoms with van der Waals surface area (Å²) in [6, 6.07) is 9.73. The average molecular weight is 352 g/mol. The van der Waals surface area contributed by atoms with Gasteiger partial charge >= 0.3 is 0 Å². The van der Waals surface area contributed by atoms with Gasteiger partial charge in [-0.05, 0) is 42.1 Å². The minimum absolute atomic E-state index is 0.100. The fraction of sp³-hybridized carbons (Fsp3) is 0. The molecule has 0 unspecified atom stereocenters. The molecule has 0 aliphatic carbocycles. The molecule has 0 radical (unpaired) electrons. The highest BCUT2D eigenvalue weighted by Crippen LogP contribution is 2.35. The maximum absolute atomic E-state index is 12.9. The van der Waals surface area contributed by atoms with Gasteiger partial charge < -0.3 is 4.42 Å². The lowest BCUT2D eigenvalue weighted by Gasteiger charge is -2.00. The molecule has 0 fully saturated rings. The van der Waals surface area contributed by atoms with Gasteiger partial charge in [-0.1, -0.05) is 11.6 Å². The number of hydrogen-bond acceptors (Lipinski definition) is 6. The average Bonchev–Trinajstić information content (AvgIpc) is 2.98. The Bertz CT molecular complexity index is 870. The highest BCUT2D eigenvalue weighted by Gasteiger charge is 2.14. The van der Waals surface area contributed by atoms with E-state index in [9.17, 15) is 14.5 Å². The molecule has 116 valence electrons. The van der Waals surface area contributed by atoms with Gasteiger partial charge in [-0.25, -0.2) is 4.39 Å². The van der Waals surface area contributed by atoms with Crippen LogP contribution in [0.25, 0.3) is 11.5 Å². The molecule has 3 rings (SSSR count). The predicted molar refractivity (Wildman–Crippen MR) is 81.9 cm³/mol. The molecule has 0 amide bonds. The van der Waals surface area contributed by atoms with Crippen molar-refractivity contribution in [3.63, 3.8) is 0 Å². The third-order valence-corrected chi connectivity index (χ3v) is 4.16. The van der Waals surface area contributed by atoms with E-state index >= 15 is 0 Å². The van der Waals surface area contributed by atoms with Gasteiger partial charge in [0.1, 0.15) is 5.82 Å². The minimum atomic E-state index is -0.528. The zero-order valence-electron chi connectivity index (χ0n) is 11.3. The van der Waals surface area contributed by atoms with Crippen molar-refractivity contribution in [2.24, 2.45) is 0 Å². The number of halogens is 2. The van der Waals surface area contributed by atoms with Crippen LogP contribution in [0.2, 0.25) is 5.02 Å². The zero-order valence-corrected chi connectivity index (χ0v) is 12.8. The van der Waals surface area contributed by atoms with Crippen molar-refractivity contribution in [1.29, 1.82) is 0 Å². The Balaban J connectivity index is 1.82. The molecule has 0 saturated heterocycles. The quantitative estimate of drug-likeness (QED) is 0.505. The van der Waals surface area contributed by atoms with Crippen LogP contribution in [0.4, 0.5) is 10.1 Å². The number of non-ortho nitro benzene ring substituents is 1. The molecule has 3 aromatic rings. The summed E-state index contributed by atoms with van der Waals surface area (Å²) in [6.07, 6.45) is 0. The second kappa shape index (κ2) is 6.35. The lowest BCUT2D eigenvalue weighted by Crippen LogP contribution is -1.87. The molecule has 0 spiro atoms. The smallest absolute Gasteiger partial charge is 0.281 e. The van der Waals surface area contributed by atoms with E-state index in [1.54, 1.807) is 0 Å². The van der Waals surface area contributed by atoms with Gasteiger partial charge in [0, 0.05) is 22.6 Å². The first kappa shape index (κ1) is 15.4. The van der Waals surface area contributed by atoms with E-state index in [0.717, 1.165) is 11.8 Å². The molecule has 0 aliphatic rings. The SMILES string of the molecule is O=[N+]([O-])c1ccc(Sc2nnc(-c3ccc(F)cc3)o2)c(Cl)c1. The van der Waals surface area contributed by atoms with Gasteiger partial charge in [0.15, 0.2) is 0 Å². The van der Waals surface area contributed by atoms with Crippen molar-refractivity contribution >= 4 is 29.1 Å². The molecular formula is C14H7ClFN3O3S. The third-order valence-electron chi connectivity index (χ3n) is 2.82. The zero-order chi connectivity index (χ0) is 16.4. The van der Waals surface area contributed by atoms with Crippen LogP contribution in [0.5, 0.6) is 0 Å². The Hall–Kier alpha value is -2.45. The molecule has 1 aromatic heterocycles. The predicted octanol–water partition coefficient (Wildman–Crippen LogP) is 4.59. The van der Waals surface area contributed by atoms with Gasteiger partial charge in [0.25, 0.3) is 10.9 Å². The maximum atomic E-state index is 12.9. The summed E-state index contributed by atoms with van der Waals surface area (Å²) in [5, 5.41) is 18.9. The van der Waals surface area contributed by atoms with E-state index < -0.39 is 4.92 Å². The molecule has 0 aliphatic heterocycles. The lowest BCUT2D eigenvalue weighted by molar-refractivity contribution is -0.384. The van der Waals surface area contributed by atoms with E-state index in [0.29, 0.717) is 10.5 Å². The largest absolute Gasteiger partial charge is 0.411 e. The van der Waals surface area contributed by atoms with Crippen molar-refractivity contribution in [3.8, 4) is 11.5 Å². The summed E-state index contributed by atoms with van der Waals surface area (Å²) in [5.41, 5.74) is 0.484. The van der Waals surface area contributed by atoms with Gasteiger partial charge in [0.2, 0.25) is 5.89 Å². The number of benzene rings is 2. The summed E-state index contributed by atoms with van der Waals surface area (Å²) in [6.45, 7) is 0. The van der Waals surface area contributed by atoms with Gasteiger partial charge in [-0.3, -0.25) is 10.1 Å². The number of nitrogens with zero attached hydrogens (tertiary/aromatic N) is 3. The van der Waals surface area contributed by atoms with Crippen molar-refractivity contribution in [1.82, 2.24) is 10.2 Å². The number of aromatic nitrogens is 2. The third kappa shape index (κ3) is 3.49. The van der Waals surface area contributed by atoms with E-state index in [2.05, 4.69) is 10.2 Å². The molecule has 0 N–H and O–H groups in total. The second-order valence-corrected chi connectivity index (χ2v) is 5.75. The first-order chi connectivity index (χ1) is 11.0. The first-order valence-corrected chi connectivity index (χ1v) is 7.43. The Morgan fingerprint density at radius 3 is 2.57 bits per heavy atom. The topological polar surface area (TPSA) is 82.1 Å². The van der Waals surface area contributed by atoms with Crippen molar-refractivity contribution in [2.45, 2.75) is 10.1 Å². The molecule has 23 heavy (non-hydrogen) atoms. The molecule has 0 saturated carbocycles. The Morgan fingerprint density at radius 2 is 1.91 bits per heavy atom. The fourth-order valence-corrected chi connectivity index (χ4v) is 2.71. The van der Waals surface area contributed by atoms with Crippen LogP contribution in [0, 0.1) is 15.9 Å². The van der Waals surface area contributed by atoms with Crippen molar-refractivity contribution in [3.05, 3.63) is 63.4 Å². The summed E-state index contributed by atoms with van der Waals surface area (Å²) in [7, 11) is 0. The van der Waals surface area contributed by atoms with E-state index in [4.69, 9.17) is 16.0 Å². The number of hydrogen-bond donors (Lipinski definition) is 0. The van der Waals surface area contributed by atoms with E-state index in [-0.39, 0.29) is 27.6 Å². The van der Waals surface area contributed by atoms with Gasteiger partial charge in [0.05, 0.1) is 9.95 Å². The Labute approximate surface area is 138 Å². The summed E-state index contributed by atoms with van der Waals surface area (Å²) in [5.74, 6) is -0.119. The highest BCUT2D eigenvalue weighted by atomic mass is 35.5. The highest BCUT2D eigenvalue weighted by molar-refractivity contribution is 7.99. The van der Waals surface area contributed by atoms with Crippen LogP contribution < -0.4 is 0 Å². The first-order valence-electron chi connectivity index (χ1n) is 6.24. The van der Waals surface area contributed by atoms with Crippen LogP contribution >= 0.6 is 23.4 Å². The Kier molecular flexibility index (Phi) is 4.26. The fourth-order valence-electron chi connectivity index (χ4n) is 1.74. The van der Waals surface area contributed by atoms with Crippen LogP contribution in [-0.4, -0.2) is 15.1 Å². The minimum Gasteiger partial charge on any atom is -0.411 e. The summed E-state index contributed by atoms with van der Waals surface area (Å²) >= 11 is 7.09. The molecule has 1 heterocycles. The molecule has 0 atom stereocenters. The molecular weight excluding hydrogens is 345 g/mol. The number of rotatable bonds is 4. The molecule has 2 aromatic carbocycles. The van der Waals surface area contributed by atoms with Crippen LogP contribution in [-0.2, 0) is 0 Å². The number of nitro groups is 1. The van der Waals surface area contributed by atoms with Crippen LogP contribution in [0.3, 0.4) is 0 Å². The normalized spacial score (nSPS) is 10.7. The van der Waals surface area contributed by atoms with Crippen LogP contribution in [0.15, 0.2) is 57.0 Å². The molecule has 6 nitrogen and oxygen atoms in total. The lowest BCUT2D eigenvalue weighted by atomic mass is 10.2. The molecule has 9 heteroatoms. The van der Waals surface area contributed by atoms with E-state index in [1.165, 1.54) is 42.5 Å². The summed E-state index contributed by atoms with van der Waals surface area (Å²) < 4.78 is 18.4. The van der Waals surface area contributed by atoms with Crippen molar-refractivity contribution < 1.29 is 13.7 Å². The monoisotopic (exact) mass is 351 g/mol.